The van der Waals surface area contributed by atoms with Crippen LogP contribution in [0.25, 0.3) is 5.69 Å². The van der Waals surface area contributed by atoms with Crippen LogP contribution in [0.5, 0.6) is 0 Å². The Morgan fingerprint density at radius 3 is 2.32 bits per heavy atom. The molecule has 0 aliphatic rings. The molecule has 6 heteroatoms. The maximum atomic E-state index is 12.3. The Morgan fingerprint density at radius 1 is 1.04 bits per heavy atom. The van der Waals surface area contributed by atoms with E-state index in [1.165, 1.54) is 6.07 Å². The van der Waals surface area contributed by atoms with E-state index in [0.29, 0.717) is 16.8 Å². The molecule has 0 bridgehead atoms. The van der Waals surface area contributed by atoms with Crippen molar-refractivity contribution in [2.45, 2.75) is 13.8 Å². The number of carbonyl (C=O) groups excluding carboxylic acids is 2. The van der Waals surface area contributed by atoms with E-state index in [1.54, 1.807) is 24.5 Å². The second-order valence-corrected chi connectivity index (χ2v) is 5.73. The molecule has 1 heterocycles. The van der Waals surface area contributed by atoms with Gasteiger partial charge in [-0.05, 0) is 56.3 Å². The number of benzene rings is 2. The lowest BCUT2D eigenvalue weighted by Gasteiger charge is -2.09. The number of primary amides is 1. The van der Waals surface area contributed by atoms with Gasteiger partial charge in [-0.15, -0.1) is 0 Å². The van der Waals surface area contributed by atoms with Crippen molar-refractivity contribution in [3.05, 3.63) is 77.4 Å². The number of carbonyl (C=O) groups is 2. The van der Waals surface area contributed by atoms with Crippen LogP contribution in [-0.4, -0.2) is 21.4 Å². The zero-order valence-corrected chi connectivity index (χ0v) is 14.0. The highest BCUT2D eigenvalue weighted by atomic mass is 16.2. The monoisotopic (exact) mass is 334 g/mol. The van der Waals surface area contributed by atoms with Crippen LogP contribution in [0.4, 0.5) is 5.69 Å². The Morgan fingerprint density at radius 2 is 1.72 bits per heavy atom. The van der Waals surface area contributed by atoms with Crippen molar-refractivity contribution in [1.82, 2.24) is 9.55 Å². The lowest BCUT2D eigenvalue weighted by molar-refractivity contribution is 0.1000. The van der Waals surface area contributed by atoms with Gasteiger partial charge in [0.1, 0.15) is 0 Å². The Labute approximate surface area is 145 Å². The number of hydrogen-bond acceptors (Lipinski definition) is 3. The first-order valence-corrected chi connectivity index (χ1v) is 7.78. The van der Waals surface area contributed by atoms with Gasteiger partial charge in [0.2, 0.25) is 5.91 Å². The van der Waals surface area contributed by atoms with Crippen LogP contribution in [0.3, 0.4) is 0 Å². The zero-order chi connectivity index (χ0) is 18.0. The number of aryl methyl sites for hydroxylation is 1. The zero-order valence-electron chi connectivity index (χ0n) is 14.0. The average Bonchev–Trinajstić information content (AvgIpc) is 2.95. The van der Waals surface area contributed by atoms with Crippen molar-refractivity contribution in [3.63, 3.8) is 0 Å². The quantitative estimate of drug-likeness (QED) is 0.769. The summed E-state index contributed by atoms with van der Waals surface area (Å²) in [6, 6.07) is 13.8. The highest BCUT2D eigenvalue weighted by Crippen LogP contribution is 2.17. The first-order valence-electron chi connectivity index (χ1n) is 7.78. The van der Waals surface area contributed by atoms with E-state index in [1.807, 2.05) is 42.7 Å². The molecular weight excluding hydrogens is 316 g/mol. The predicted molar refractivity (Wildman–Crippen MR) is 96.0 cm³/mol. The molecule has 0 unspecified atom stereocenters. The first kappa shape index (κ1) is 16.4. The summed E-state index contributed by atoms with van der Waals surface area (Å²) in [5.74, 6) is -0.865. The van der Waals surface area contributed by atoms with E-state index in [9.17, 15) is 9.59 Å². The normalized spacial score (nSPS) is 10.5. The maximum absolute atomic E-state index is 12.3. The molecule has 2 amide bonds. The molecule has 3 rings (SSSR count). The lowest BCUT2D eigenvalue weighted by Crippen LogP contribution is -2.15. The summed E-state index contributed by atoms with van der Waals surface area (Å²) in [4.78, 5) is 27.8. The van der Waals surface area contributed by atoms with Crippen LogP contribution in [0.2, 0.25) is 0 Å². The largest absolute Gasteiger partial charge is 0.366 e. The summed E-state index contributed by atoms with van der Waals surface area (Å²) >= 11 is 0. The molecule has 0 aliphatic heterocycles. The molecule has 0 spiro atoms. The molecular formula is C19H18N4O2. The summed E-state index contributed by atoms with van der Waals surface area (Å²) in [6.45, 7) is 3.96. The molecule has 0 saturated heterocycles. The Hall–Kier alpha value is -3.41. The van der Waals surface area contributed by atoms with Crippen LogP contribution in [0.15, 0.2) is 54.9 Å². The summed E-state index contributed by atoms with van der Waals surface area (Å²) in [5.41, 5.74) is 9.59. The molecule has 0 atom stereocenters. The van der Waals surface area contributed by atoms with Gasteiger partial charge in [0, 0.05) is 28.2 Å². The fourth-order valence-electron chi connectivity index (χ4n) is 2.48. The molecule has 25 heavy (non-hydrogen) atoms. The van der Waals surface area contributed by atoms with Gasteiger partial charge in [-0.25, -0.2) is 4.98 Å². The molecule has 0 fully saturated rings. The summed E-state index contributed by atoms with van der Waals surface area (Å²) in [7, 11) is 0. The summed E-state index contributed by atoms with van der Waals surface area (Å²) in [5, 5.41) is 2.81. The van der Waals surface area contributed by atoms with E-state index in [2.05, 4.69) is 10.3 Å². The summed E-state index contributed by atoms with van der Waals surface area (Å²) < 4.78 is 1.98. The molecule has 3 aromatic rings. The number of nitrogens with one attached hydrogen (secondary N) is 1. The number of aromatic nitrogens is 2. The summed E-state index contributed by atoms with van der Waals surface area (Å²) in [6.07, 6.45) is 1.77. The standard InChI is InChI=1S/C19H18N4O2/c1-12-13(2)23(11-21-12)17-8-6-16(7-9-17)22-19(25)15-5-3-4-14(10-15)18(20)24/h3-11H,1-2H3,(H2,20,24)(H,22,25). The van der Waals surface area contributed by atoms with Gasteiger partial charge in [-0.3, -0.25) is 9.59 Å². The number of amides is 2. The molecule has 1 aromatic heterocycles. The van der Waals surface area contributed by atoms with Gasteiger partial charge < -0.3 is 15.6 Å². The van der Waals surface area contributed by atoms with Crippen LogP contribution < -0.4 is 11.1 Å². The third-order valence-electron chi connectivity index (χ3n) is 4.06. The number of nitrogens with zero attached hydrogens (tertiary/aromatic N) is 2. The van der Waals surface area contributed by atoms with Gasteiger partial charge in [0.15, 0.2) is 0 Å². The molecule has 126 valence electrons. The second-order valence-electron chi connectivity index (χ2n) is 5.73. The Kier molecular flexibility index (Phi) is 4.35. The minimum atomic E-state index is -0.565. The van der Waals surface area contributed by atoms with Gasteiger partial charge in [0.25, 0.3) is 5.91 Å². The molecule has 3 N–H and O–H groups in total. The molecule has 0 saturated carbocycles. The molecule has 2 aromatic carbocycles. The highest BCUT2D eigenvalue weighted by Gasteiger charge is 2.09. The van der Waals surface area contributed by atoms with Crippen LogP contribution in [0.1, 0.15) is 32.1 Å². The van der Waals surface area contributed by atoms with Gasteiger partial charge in [-0.2, -0.15) is 0 Å². The molecule has 0 aliphatic carbocycles. The highest BCUT2D eigenvalue weighted by molar-refractivity contribution is 6.06. The van der Waals surface area contributed by atoms with Crippen molar-refractivity contribution >= 4 is 17.5 Å². The smallest absolute Gasteiger partial charge is 0.255 e. The third kappa shape index (κ3) is 3.42. The first-order chi connectivity index (χ1) is 12.0. The topological polar surface area (TPSA) is 90.0 Å². The van der Waals surface area contributed by atoms with Crippen molar-refractivity contribution in [2.24, 2.45) is 5.73 Å². The Bertz CT molecular complexity index is 942. The van der Waals surface area contributed by atoms with Crippen LogP contribution >= 0.6 is 0 Å². The van der Waals surface area contributed by atoms with Crippen molar-refractivity contribution in [1.29, 1.82) is 0 Å². The van der Waals surface area contributed by atoms with Gasteiger partial charge in [-0.1, -0.05) is 6.07 Å². The van der Waals surface area contributed by atoms with E-state index in [0.717, 1.165) is 17.1 Å². The van der Waals surface area contributed by atoms with Crippen LogP contribution in [-0.2, 0) is 0 Å². The SMILES string of the molecule is Cc1ncn(-c2ccc(NC(=O)c3cccc(C(N)=O)c3)cc2)c1C. The van der Waals surface area contributed by atoms with Gasteiger partial charge >= 0.3 is 0 Å². The fraction of sp³-hybridized carbons (Fsp3) is 0.105. The van der Waals surface area contributed by atoms with Gasteiger partial charge in [0.05, 0.1) is 12.0 Å². The van der Waals surface area contributed by atoms with E-state index < -0.39 is 5.91 Å². The van der Waals surface area contributed by atoms with E-state index >= 15 is 0 Å². The minimum Gasteiger partial charge on any atom is -0.366 e. The van der Waals surface area contributed by atoms with Crippen LogP contribution in [0, 0.1) is 13.8 Å². The van der Waals surface area contributed by atoms with Crippen molar-refractivity contribution in [3.8, 4) is 5.69 Å². The third-order valence-corrected chi connectivity index (χ3v) is 4.06. The molecule has 6 nitrogen and oxygen atoms in total. The average molecular weight is 334 g/mol. The maximum Gasteiger partial charge on any atom is 0.255 e. The van der Waals surface area contributed by atoms with E-state index in [-0.39, 0.29) is 5.91 Å². The second kappa shape index (κ2) is 6.60. The number of nitrogens with two attached hydrogens (primary N) is 1. The lowest BCUT2D eigenvalue weighted by atomic mass is 10.1. The fourth-order valence-corrected chi connectivity index (χ4v) is 2.48. The minimum absolute atomic E-state index is 0.300. The number of rotatable bonds is 4. The number of hydrogen-bond donors (Lipinski definition) is 2. The van der Waals surface area contributed by atoms with Crippen molar-refractivity contribution < 1.29 is 9.59 Å². The van der Waals surface area contributed by atoms with Crippen molar-refractivity contribution in [2.75, 3.05) is 5.32 Å². The number of anilines is 1. The number of imidazole rings is 1. The predicted octanol–water partition coefficient (Wildman–Crippen LogP) is 2.84. The molecule has 0 radical (unpaired) electrons. The Balaban J connectivity index is 1.77. The van der Waals surface area contributed by atoms with E-state index in [4.69, 9.17) is 5.73 Å².